The Labute approximate surface area is 198 Å². The third-order valence-electron chi connectivity index (χ3n) is 4.92. The van der Waals surface area contributed by atoms with Crippen LogP contribution in [0.5, 0.6) is 5.75 Å². The van der Waals surface area contributed by atoms with Gasteiger partial charge in [0.05, 0.1) is 18.5 Å². The number of methoxy groups -OCH3 is 1. The lowest BCUT2D eigenvalue weighted by Gasteiger charge is -2.13. The van der Waals surface area contributed by atoms with Gasteiger partial charge in [0.1, 0.15) is 11.6 Å². The van der Waals surface area contributed by atoms with Crippen LogP contribution in [0.1, 0.15) is 21.7 Å². The zero-order valence-corrected chi connectivity index (χ0v) is 19.4. The van der Waals surface area contributed by atoms with Crippen LogP contribution >= 0.6 is 22.7 Å². The Kier molecular flexibility index (Phi) is 7.16. The number of aromatic nitrogens is 1. The summed E-state index contributed by atoms with van der Waals surface area (Å²) in [7, 11) is 1.47. The van der Waals surface area contributed by atoms with Gasteiger partial charge in [0.15, 0.2) is 0 Å². The first-order valence-corrected chi connectivity index (χ1v) is 12.0. The zero-order chi connectivity index (χ0) is 23.2. The number of nitrogens with one attached hydrogen (secondary N) is 1. The molecular weight excluding hydrogens is 459 g/mol. The van der Waals surface area contributed by atoms with Crippen molar-refractivity contribution in [1.29, 1.82) is 0 Å². The van der Waals surface area contributed by atoms with Crippen molar-refractivity contribution < 1.29 is 13.9 Å². The van der Waals surface area contributed by atoms with Gasteiger partial charge in [-0.15, -0.1) is 11.3 Å². The third kappa shape index (κ3) is 5.30. The van der Waals surface area contributed by atoms with E-state index in [0.717, 1.165) is 11.3 Å². The highest BCUT2D eigenvalue weighted by Gasteiger charge is 2.17. The normalized spacial score (nSPS) is 11.1. The van der Waals surface area contributed by atoms with E-state index in [4.69, 9.17) is 4.74 Å². The molecule has 2 aromatic heterocycles. The maximum absolute atomic E-state index is 13.9. The van der Waals surface area contributed by atoms with E-state index in [1.165, 1.54) is 34.8 Å². The minimum atomic E-state index is -0.476. The summed E-state index contributed by atoms with van der Waals surface area (Å²) in [5.41, 5.74) is 2.02. The van der Waals surface area contributed by atoms with Crippen molar-refractivity contribution in [3.05, 3.63) is 97.4 Å². The smallest absolute Gasteiger partial charge is 0.312 e. The number of benzene rings is 2. The standard InChI is InChI=1S/C25H21FN2O3S2/c1-31-23-11-10-19(26)15-21(23)28-22(16-33-25(28)30)17-6-4-7-18(14-17)24(29)27-12-3-2-8-20-9-5-13-32-20/h2,4-11,13-16H,3,12H2,1H3,(H,27,29)/b8-2-. The number of thiazole rings is 1. The van der Waals surface area contributed by atoms with E-state index < -0.39 is 5.82 Å². The van der Waals surface area contributed by atoms with Crippen LogP contribution in [0.3, 0.4) is 0 Å². The van der Waals surface area contributed by atoms with E-state index in [-0.39, 0.29) is 10.8 Å². The molecule has 0 saturated heterocycles. The summed E-state index contributed by atoms with van der Waals surface area (Å²) in [5.74, 6) is -0.299. The number of rotatable bonds is 8. The van der Waals surface area contributed by atoms with Crippen molar-refractivity contribution in [2.75, 3.05) is 13.7 Å². The monoisotopic (exact) mass is 480 g/mol. The molecule has 4 rings (SSSR count). The quantitative estimate of drug-likeness (QED) is 0.334. The van der Waals surface area contributed by atoms with Gasteiger partial charge in [-0.25, -0.2) is 4.39 Å². The van der Waals surface area contributed by atoms with Gasteiger partial charge in [-0.1, -0.05) is 35.6 Å². The number of thiophene rings is 1. The predicted molar refractivity (Wildman–Crippen MR) is 132 cm³/mol. The molecule has 2 aromatic carbocycles. The van der Waals surface area contributed by atoms with Gasteiger partial charge in [-0.2, -0.15) is 0 Å². The summed E-state index contributed by atoms with van der Waals surface area (Å²) in [6.07, 6.45) is 4.78. The molecule has 8 heteroatoms. The van der Waals surface area contributed by atoms with E-state index in [2.05, 4.69) is 5.32 Å². The van der Waals surface area contributed by atoms with Gasteiger partial charge in [-0.3, -0.25) is 14.2 Å². The molecule has 1 amide bonds. The van der Waals surface area contributed by atoms with Crippen LogP contribution in [0, 0.1) is 5.82 Å². The molecule has 0 unspecified atom stereocenters. The number of hydrogen-bond donors (Lipinski definition) is 1. The summed E-state index contributed by atoms with van der Waals surface area (Å²) in [5, 5.41) is 6.63. The molecule has 0 aliphatic carbocycles. The minimum Gasteiger partial charge on any atom is -0.495 e. The molecule has 5 nitrogen and oxygen atoms in total. The lowest BCUT2D eigenvalue weighted by molar-refractivity contribution is 0.0954. The van der Waals surface area contributed by atoms with Crippen LogP contribution in [0.2, 0.25) is 0 Å². The molecule has 1 N–H and O–H groups in total. The van der Waals surface area contributed by atoms with Crippen LogP contribution in [0.4, 0.5) is 4.39 Å². The van der Waals surface area contributed by atoms with Crippen LogP contribution in [-0.2, 0) is 0 Å². The third-order valence-corrected chi connectivity index (χ3v) is 6.48. The fraction of sp³-hybridized carbons (Fsp3) is 0.120. The first-order chi connectivity index (χ1) is 16.1. The largest absolute Gasteiger partial charge is 0.495 e. The van der Waals surface area contributed by atoms with Crippen molar-refractivity contribution in [2.45, 2.75) is 6.42 Å². The first kappa shape index (κ1) is 22.7. The molecule has 0 aliphatic rings. The van der Waals surface area contributed by atoms with Gasteiger partial charge in [0.2, 0.25) is 0 Å². The predicted octanol–water partition coefficient (Wildman–Crippen LogP) is 5.61. The van der Waals surface area contributed by atoms with Crippen molar-refractivity contribution >= 4 is 34.7 Å². The highest BCUT2D eigenvalue weighted by Crippen LogP contribution is 2.29. The lowest BCUT2D eigenvalue weighted by Crippen LogP contribution is -2.24. The maximum Gasteiger partial charge on any atom is 0.312 e. The average Bonchev–Trinajstić information content (AvgIpc) is 3.48. The number of carbonyl (C=O) groups excluding carboxylic acids is 1. The van der Waals surface area contributed by atoms with E-state index in [9.17, 15) is 14.0 Å². The highest BCUT2D eigenvalue weighted by atomic mass is 32.1. The molecule has 0 spiro atoms. The molecule has 0 fully saturated rings. The van der Waals surface area contributed by atoms with Crippen LogP contribution in [0.15, 0.2) is 76.2 Å². The molecule has 0 atom stereocenters. The Bertz CT molecular complexity index is 1340. The molecular formula is C25H21FN2O3S2. The lowest BCUT2D eigenvalue weighted by atomic mass is 10.1. The fourth-order valence-electron chi connectivity index (χ4n) is 3.35. The second-order valence-corrected chi connectivity index (χ2v) is 8.88. The topological polar surface area (TPSA) is 60.3 Å². The molecule has 2 heterocycles. The molecule has 0 bridgehead atoms. The molecule has 0 radical (unpaired) electrons. The Morgan fingerprint density at radius 3 is 2.82 bits per heavy atom. The SMILES string of the molecule is COc1ccc(F)cc1-n1c(-c2cccc(C(=O)NCC/C=C\c3cccs3)c2)csc1=O. The van der Waals surface area contributed by atoms with E-state index in [1.807, 2.05) is 35.7 Å². The van der Waals surface area contributed by atoms with Gasteiger partial charge in [-0.05, 0) is 48.2 Å². The van der Waals surface area contributed by atoms with Gasteiger partial charge >= 0.3 is 4.87 Å². The first-order valence-electron chi connectivity index (χ1n) is 10.2. The summed E-state index contributed by atoms with van der Waals surface area (Å²) >= 11 is 2.66. The molecule has 168 valence electrons. The minimum absolute atomic E-state index is 0.200. The number of carbonyl (C=O) groups is 1. The second kappa shape index (κ2) is 10.4. The van der Waals surface area contributed by atoms with Crippen molar-refractivity contribution in [3.63, 3.8) is 0 Å². The van der Waals surface area contributed by atoms with E-state index in [1.54, 1.807) is 34.9 Å². The maximum atomic E-state index is 13.9. The van der Waals surface area contributed by atoms with Gasteiger partial charge < -0.3 is 10.1 Å². The van der Waals surface area contributed by atoms with Gasteiger partial charge in [0.25, 0.3) is 5.91 Å². The Morgan fingerprint density at radius 1 is 1.15 bits per heavy atom. The Balaban J connectivity index is 1.53. The summed E-state index contributed by atoms with van der Waals surface area (Å²) < 4.78 is 20.7. The number of amides is 1. The van der Waals surface area contributed by atoms with E-state index >= 15 is 0 Å². The number of halogens is 1. The number of ether oxygens (including phenoxy) is 1. The van der Waals surface area contributed by atoms with Gasteiger partial charge in [0, 0.05) is 34.0 Å². The summed E-state index contributed by atoms with van der Waals surface area (Å²) in [4.78, 5) is 26.2. The molecule has 0 saturated carbocycles. The molecule has 33 heavy (non-hydrogen) atoms. The van der Waals surface area contributed by atoms with Crippen molar-refractivity contribution in [3.8, 4) is 22.7 Å². The summed E-state index contributed by atoms with van der Waals surface area (Å²) in [6.45, 7) is 0.509. The van der Waals surface area contributed by atoms with Crippen molar-refractivity contribution in [1.82, 2.24) is 9.88 Å². The Hall–Kier alpha value is -3.49. The van der Waals surface area contributed by atoms with Crippen LogP contribution in [-0.4, -0.2) is 24.1 Å². The Morgan fingerprint density at radius 2 is 2.03 bits per heavy atom. The van der Waals surface area contributed by atoms with E-state index in [0.29, 0.717) is 41.2 Å². The zero-order valence-electron chi connectivity index (χ0n) is 17.8. The number of nitrogens with zero attached hydrogens (tertiary/aromatic N) is 1. The van der Waals surface area contributed by atoms with Crippen LogP contribution < -0.4 is 14.9 Å². The fourth-order valence-corrected chi connectivity index (χ4v) is 4.75. The highest BCUT2D eigenvalue weighted by molar-refractivity contribution is 7.10. The number of hydrogen-bond acceptors (Lipinski definition) is 5. The van der Waals surface area contributed by atoms with Crippen molar-refractivity contribution in [2.24, 2.45) is 0 Å². The second-order valence-electron chi connectivity index (χ2n) is 7.08. The molecule has 0 aliphatic heterocycles. The summed E-state index contributed by atoms with van der Waals surface area (Å²) in [6, 6.07) is 15.1. The molecule has 4 aromatic rings. The van der Waals surface area contributed by atoms with Crippen LogP contribution in [0.25, 0.3) is 23.0 Å². The average molecular weight is 481 g/mol.